The third-order valence-electron chi connectivity index (χ3n) is 23.4. The zero-order chi connectivity index (χ0) is 82.8. The molecule has 0 N–H and O–H groups in total. The molecule has 0 fully saturated rings. The van der Waals surface area contributed by atoms with Gasteiger partial charge in [-0.2, -0.15) is 0 Å². The Labute approximate surface area is 692 Å². The van der Waals surface area contributed by atoms with E-state index in [1.54, 1.807) is 4.57 Å². The average Bonchev–Trinajstić information content (AvgIpc) is 1.55. The summed E-state index contributed by atoms with van der Waals surface area (Å²) in [6.07, 6.45) is 3.69. The molecule has 0 radical (unpaired) electrons. The lowest BCUT2D eigenvalue weighted by Crippen LogP contribution is -2.01. The van der Waals surface area contributed by atoms with E-state index in [-0.39, 0.29) is 29.9 Å². The van der Waals surface area contributed by atoms with Gasteiger partial charge in [0.05, 0.1) is 73.4 Å². The topological polar surface area (TPSA) is 76.2 Å². The molecule has 119 heavy (non-hydrogen) atoms. The third-order valence-corrected chi connectivity index (χ3v) is 23.4. The molecule has 7 aromatic heterocycles. The van der Waals surface area contributed by atoms with Gasteiger partial charge >= 0.3 is 0 Å². The number of rotatable bonds is 12. The number of fused-ring (bicyclic) bond motifs is 15. The van der Waals surface area contributed by atoms with Gasteiger partial charge in [-0.15, -0.1) is 0 Å². The van der Waals surface area contributed by atoms with Crippen LogP contribution in [0, 0.1) is 0 Å². The second-order valence-electron chi connectivity index (χ2n) is 30.2. The molecule has 0 aliphatic rings. The van der Waals surface area contributed by atoms with Crippen LogP contribution < -0.4 is 0 Å². The molecule has 24 rings (SSSR count). The minimum absolute atomic E-state index is 0.131. The van der Waals surface area contributed by atoms with E-state index in [0.717, 1.165) is 138 Å². The zero-order valence-corrected chi connectivity index (χ0v) is 64.1. The normalized spacial score (nSPS) is 12.3. The highest BCUT2D eigenvalue weighted by atomic mass is 15.2. The lowest BCUT2D eigenvalue weighted by Gasteiger charge is -2.10. The van der Waals surface area contributed by atoms with Crippen molar-refractivity contribution in [2.24, 2.45) is 0 Å². The van der Waals surface area contributed by atoms with E-state index in [9.17, 15) is 0 Å². The summed E-state index contributed by atoms with van der Waals surface area (Å²) in [6.45, 7) is 0. The zero-order valence-electron chi connectivity index (χ0n) is 69.1. The molecular weight excluding hydrogens is 1450 g/mol. The van der Waals surface area contributed by atoms with Gasteiger partial charge in [0.25, 0.3) is 0 Å². The van der Waals surface area contributed by atoms with Crippen molar-refractivity contribution in [3.8, 4) is 107 Å². The van der Waals surface area contributed by atoms with Crippen LogP contribution in [0.1, 0.15) is 6.85 Å². The van der Waals surface area contributed by atoms with Crippen LogP contribution in [-0.2, 0) is 0 Å². The Morgan fingerprint density at radius 1 is 0.176 bits per heavy atom. The molecule has 556 valence electrons. The number of hydrogen-bond donors (Lipinski definition) is 0. The van der Waals surface area contributed by atoms with Gasteiger partial charge in [0.1, 0.15) is 0 Å². The molecule has 0 saturated carbocycles. The minimum Gasteiger partial charge on any atom is -0.309 e. The molecule has 17 aromatic carbocycles. The van der Waals surface area contributed by atoms with E-state index < -0.39 is 6.04 Å². The Morgan fingerprint density at radius 3 is 0.891 bits per heavy atom. The highest BCUT2D eigenvalue weighted by Gasteiger charge is 2.23. The van der Waals surface area contributed by atoms with Gasteiger partial charge in [-0.3, -0.25) is 9.13 Å². The van der Waals surface area contributed by atoms with Gasteiger partial charge in [-0.1, -0.05) is 273 Å². The van der Waals surface area contributed by atoms with Gasteiger partial charge < -0.3 is 13.7 Å². The Balaban J connectivity index is 0.000000143. The first-order valence-corrected chi connectivity index (χ1v) is 40.0. The highest BCUT2D eigenvalue weighted by Crippen LogP contribution is 2.44. The quantitative estimate of drug-likeness (QED) is 0.122. The first-order chi connectivity index (χ1) is 61.1. The van der Waals surface area contributed by atoms with Gasteiger partial charge in [-0.25, -0.2) is 19.9 Å². The molecule has 0 bridgehead atoms. The van der Waals surface area contributed by atoms with Gasteiger partial charge in [-0.05, 0) is 201 Å². The van der Waals surface area contributed by atoms with Crippen LogP contribution in [0.5, 0.6) is 0 Å². The summed E-state index contributed by atoms with van der Waals surface area (Å²) < 4.78 is 53.3. The SMILES string of the molecule is [2H]c1c([2H])c([2H])c(-n2c3ccccc3c3cc(-c4ccc5c(c4)c4ccccc4n5-c4nccc(-c5cccc(-c6ccc(-c7ccccc7)cc6)c5)n4)ccc32)c([2H])c1[2H].c1ccc(-c2cccc(-c3ccnc(-n4c5ccccc5c5cc(-c6ccc7c(c6)c6cc(-n8c9ccccc9c9ccccc98)ccc6n7-c6ccccc6)ccc54)n3)c2)cc1. The van der Waals surface area contributed by atoms with Crippen molar-refractivity contribution < 1.29 is 6.85 Å². The molecule has 9 heteroatoms. The van der Waals surface area contributed by atoms with E-state index in [4.69, 9.17) is 26.8 Å². The summed E-state index contributed by atoms with van der Waals surface area (Å²) in [7, 11) is 0. The first-order valence-electron chi connectivity index (χ1n) is 42.5. The monoisotopic (exact) mass is 1520 g/mol. The largest absolute Gasteiger partial charge is 0.309 e. The molecule has 0 spiro atoms. The fourth-order valence-corrected chi connectivity index (χ4v) is 17.9. The fourth-order valence-electron chi connectivity index (χ4n) is 17.9. The number of nitrogens with zero attached hydrogens (tertiary/aromatic N) is 9. The lowest BCUT2D eigenvalue weighted by atomic mass is 9.98. The standard InChI is InChI=1S/C58H37N5.C52H34N4/c1-3-14-38(15-4-1)39-16-13-17-42(34-39)51-32-33-59-58(60-51)63-54-25-12-9-22-47(54)48-35-40(27-30-57(48)63)41-26-29-55-49(36-41)50-37-44(28-31-56(50)61(55)43-18-5-2-6-19-43)62-52-23-10-7-20-45(52)46-21-8-11-24-53(46)62;1-3-12-35(13-4-1)36-22-24-37(25-23-36)38-14-11-15-41(32-38)47-30-31-53-52(54-47)56-49-21-10-8-19-44(49)46-34-40(27-29-51(46)56)39-26-28-50-45(33-39)43-18-7-9-20-48(43)55(50)42-16-5-2-6-17-42/h1-37H;1-34H/i;2D,5D,6D,16D,17D. The maximum atomic E-state index is 8.77. The van der Waals surface area contributed by atoms with Crippen molar-refractivity contribution in [1.29, 1.82) is 0 Å². The van der Waals surface area contributed by atoms with Crippen LogP contribution in [0.15, 0.2) is 431 Å². The van der Waals surface area contributed by atoms with Gasteiger partial charge in [0.15, 0.2) is 0 Å². The number of para-hydroxylation sites is 7. The molecule has 7 heterocycles. The van der Waals surface area contributed by atoms with Crippen molar-refractivity contribution in [3.63, 3.8) is 0 Å². The lowest BCUT2D eigenvalue weighted by molar-refractivity contribution is 0.992. The predicted molar refractivity (Wildman–Crippen MR) is 494 cm³/mol. The van der Waals surface area contributed by atoms with E-state index in [1.807, 2.05) is 85.2 Å². The van der Waals surface area contributed by atoms with E-state index in [0.29, 0.717) is 11.9 Å². The second kappa shape index (κ2) is 28.5. The molecule has 0 amide bonds. The van der Waals surface area contributed by atoms with Gasteiger partial charge in [0, 0.05) is 94.4 Å². The summed E-state index contributed by atoms with van der Waals surface area (Å²) in [6, 6.07) is 135. The van der Waals surface area contributed by atoms with Crippen LogP contribution in [-0.4, -0.2) is 42.8 Å². The predicted octanol–water partition coefficient (Wildman–Crippen LogP) is 28.1. The summed E-state index contributed by atoms with van der Waals surface area (Å²) in [5.74, 6) is 1.22. The van der Waals surface area contributed by atoms with Gasteiger partial charge in [0.2, 0.25) is 11.9 Å². The average molecular weight is 1520 g/mol. The highest BCUT2D eigenvalue weighted by molar-refractivity contribution is 6.16. The summed E-state index contributed by atoms with van der Waals surface area (Å²) in [4.78, 5) is 20.0. The van der Waals surface area contributed by atoms with Crippen molar-refractivity contribution in [2.45, 2.75) is 0 Å². The van der Waals surface area contributed by atoms with Crippen LogP contribution in [0.25, 0.3) is 216 Å². The van der Waals surface area contributed by atoms with Crippen LogP contribution in [0.4, 0.5) is 0 Å². The smallest absolute Gasteiger partial charge is 0.235 e. The summed E-state index contributed by atoms with van der Waals surface area (Å²) in [5, 5.41) is 11.2. The maximum absolute atomic E-state index is 8.77. The molecule has 24 aromatic rings. The molecular formula is C110H71N9. The number of hydrogen-bond acceptors (Lipinski definition) is 4. The Kier molecular flexibility index (Phi) is 15.1. The molecule has 0 saturated heterocycles. The van der Waals surface area contributed by atoms with E-state index in [1.165, 1.54) is 60.3 Å². The molecule has 0 unspecified atom stereocenters. The van der Waals surface area contributed by atoms with Crippen LogP contribution in [0.2, 0.25) is 0 Å². The maximum Gasteiger partial charge on any atom is 0.235 e. The Bertz CT molecular complexity index is 8360. The minimum atomic E-state index is -0.412. The molecule has 9 nitrogen and oxygen atoms in total. The third kappa shape index (κ3) is 11.8. The number of aromatic nitrogens is 9. The summed E-state index contributed by atoms with van der Waals surface area (Å²) in [5.41, 5.74) is 27.8. The second-order valence-corrected chi connectivity index (χ2v) is 30.2. The van der Waals surface area contributed by atoms with Crippen molar-refractivity contribution in [3.05, 3.63) is 431 Å². The molecule has 0 aliphatic heterocycles. The Morgan fingerprint density at radius 2 is 0.454 bits per heavy atom. The van der Waals surface area contributed by atoms with Crippen molar-refractivity contribution >= 4 is 109 Å². The molecule has 0 atom stereocenters. The Hall–Kier alpha value is -16.1. The molecule has 0 aliphatic carbocycles. The van der Waals surface area contributed by atoms with Crippen LogP contribution in [0.3, 0.4) is 0 Å². The van der Waals surface area contributed by atoms with E-state index in [2.05, 4.69) is 334 Å². The first kappa shape index (κ1) is 63.3. The van der Waals surface area contributed by atoms with Crippen LogP contribution >= 0.6 is 0 Å². The van der Waals surface area contributed by atoms with E-state index >= 15 is 0 Å². The van der Waals surface area contributed by atoms with Crippen molar-refractivity contribution in [1.82, 2.24) is 42.8 Å². The number of benzene rings is 17. The van der Waals surface area contributed by atoms with Crippen molar-refractivity contribution in [2.75, 3.05) is 0 Å². The summed E-state index contributed by atoms with van der Waals surface area (Å²) >= 11 is 0. The fraction of sp³-hybridized carbons (Fsp3) is 0.